The molecule has 25 heavy (non-hydrogen) atoms. The summed E-state index contributed by atoms with van der Waals surface area (Å²) < 4.78 is 25.9. The van der Waals surface area contributed by atoms with Gasteiger partial charge in [0.15, 0.2) is 11.6 Å². The maximum Gasteiger partial charge on any atom is 0.171 e. The van der Waals surface area contributed by atoms with E-state index in [0.717, 1.165) is 24.8 Å². The Morgan fingerprint density at radius 1 is 1.20 bits per heavy atom. The molecule has 0 radical (unpaired) electrons. The molecule has 0 amide bonds. The number of ether oxygens (including phenoxy) is 2. The lowest BCUT2D eigenvalue weighted by atomic mass is 9.54. The lowest BCUT2D eigenvalue weighted by molar-refractivity contribution is -0.241. The first-order valence-corrected chi connectivity index (χ1v) is 9.24. The number of Topliss-reactive ketones (excluding diaryl/α,β-unsaturated/α-hetero) is 1. The number of hydrogen-bond acceptors (Lipinski definition) is 3. The van der Waals surface area contributed by atoms with Gasteiger partial charge in [-0.1, -0.05) is 32.0 Å². The first-order valence-electron chi connectivity index (χ1n) is 9.24. The molecule has 1 heterocycles. The lowest BCUT2D eigenvalue weighted by Gasteiger charge is -2.53. The summed E-state index contributed by atoms with van der Waals surface area (Å²) in [6.07, 6.45) is 4.86. The second-order valence-corrected chi connectivity index (χ2v) is 7.88. The molecule has 1 spiro atoms. The van der Waals surface area contributed by atoms with Gasteiger partial charge in [0.25, 0.3) is 0 Å². The molecule has 1 aliphatic heterocycles. The molecule has 1 aromatic carbocycles. The molecule has 2 aliphatic carbocycles. The van der Waals surface area contributed by atoms with E-state index in [2.05, 4.69) is 13.8 Å². The van der Waals surface area contributed by atoms with Crippen LogP contribution in [0.2, 0.25) is 0 Å². The van der Waals surface area contributed by atoms with Crippen molar-refractivity contribution >= 4 is 11.9 Å². The Hall–Kier alpha value is -1.52. The largest absolute Gasteiger partial charge is 0.347 e. The molecule has 0 bridgehead atoms. The average Bonchev–Trinajstić information content (AvgIpc) is 3.08. The zero-order valence-corrected chi connectivity index (χ0v) is 14.9. The summed E-state index contributed by atoms with van der Waals surface area (Å²) in [7, 11) is 0. The van der Waals surface area contributed by atoms with Gasteiger partial charge in [-0.05, 0) is 42.9 Å². The molecule has 0 aromatic heterocycles. The van der Waals surface area contributed by atoms with Gasteiger partial charge in [-0.15, -0.1) is 0 Å². The number of benzene rings is 1. The van der Waals surface area contributed by atoms with E-state index in [-0.39, 0.29) is 23.4 Å². The normalized spacial score (nSPS) is 36.0. The quantitative estimate of drug-likeness (QED) is 0.710. The molecule has 134 valence electrons. The van der Waals surface area contributed by atoms with Crippen LogP contribution in [0.3, 0.4) is 0 Å². The number of fused-ring (bicyclic) bond motifs is 1. The fraction of sp³-hybridized carbons (Fsp3) is 0.571. The van der Waals surface area contributed by atoms with E-state index in [9.17, 15) is 9.18 Å². The third kappa shape index (κ3) is 2.58. The second-order valence-electron chi connectivity index (χ2n) is 7.88. The van der Waals surface area contributed by atoms with Crippen LogP contribution in [-0.4, -0.2) is 24.8 Å². The molecule has 4 rings (SSSR count). The van der Waals surface area contributed by atoms with Crippen LogP contribution in [0.4, 0.5) is 4.39 Å². The molecular weight excluding hydrogens is 319 g/mol. The Balaban J connectivity index is 1.63. The van der Waals surface area contributed by atoms with Crippen molar-refractivity contribution in [2.45, 2.75) is 45.3 Å². The van der Waals surface area contributed by atoms with Crippen molar-refractivity contribution in [3.05, 3.63) is 41.2 Å². The molecule has 1 saturated heterocycles. The number of hydrogen-bond donors (Lipinski definition) is 0. The van der Waals surface area contributed by atoms with Crippen molar-refractivity contribution in [1.82, 2.24) is 0 Å². The van der Waals surface area contributed by atoms with Crippen molar-refractivity contribution in [3.63, 3.8) is 0 Å². The van der Waals surface area contributed by atoms with Gasteiger partial charge in [-0.3, -0.25) is 4.79 Å². The Bertz CT molecular complexity index is 720. The van der Waals surface area contributed by atoms with E-state index >= 15 is 0 Å². The van der Waals surface area contributed by atoms with Crippen molar-refractivity contribution < 1.29 is 18.7 Å². The maximum absolute atomic E-state index is 14.0. The van der Waals surface area contributed by atoms with Crippen LogP contribution in [-0.2, 0) is 14.3 Å². The van der Waals surface area contributed by atoms with Crippen LogP contribution in [0.25, 0.3) is 6.08 Å². The predicted molar refractivity (Wildman–Crippen MR) is 93.2 cm³/mol. The van der Waals surface area contributed by atoms with Crippen LogP contribution in [0.1, 0.15) is 45.1 Å². The summed E-state index contributed by atoms with van der Waals surface area (Å²) in [5, 5.41) is 0. The molecule has 0 unspecified atom stereocenters. The number of ketones is 1. The summed E-state index contributed by atoms with van der Waals surface area (Å²) in [5.41, 5.74) is 0.839. The van der Waals surface area contributed by atoms with E-state index in [0.29, 0.717) is 25.2 Å². The SMILES string of the molecule is C[C@@H]1[C@H]2CC/C(=C\c3ccccc3F)C(=O)[C@]2(C)CCC12OCCO2. The first-order chi connectivity index (χ1) is 12.0. The molecule has 3 nitrogen and oxygen atoms in total. The highest BCUT2D eigenvalue weighted by Gasteiger charge is 2.59. The van der Waals surface area contributed by atoms with Crippen molar-refractivity contribution in [2.24, 2.45) is 17.3 Å². The van der Waals surface area contributed by atoms with Crippen LogP contribution >= 0.6 is 0 Å². The number of rotatable bonds is 1. The van der Waals surface area contributed by atoms with Gasteiger partial charge in [0.1, 0.15) is 5.82 Å². The Morgan fingerprint density at radius 2 is 1.92 bits per heavy atom. The minimum Gasteiger partial charge on any atom is -0.347 e. The molecule has 3 fully saturated rings. The van der Waals surface area contributed by atoms with Gasteiger partial charge in [-0.2, -0.15) is 0 Å². The molecular formula is C21H25FO3. The fourth-order valence-electron chi connectivity index (χ4n) is 5.14. The highest BCUT2D eigenvalue weighted by molar-refractivity contribution is 6.04. The molecule has 4 heteroatoms. The minimum atomic E-state index is -0.503. The summed E-state index contributed by atoms with van der Waals surface area (Å²) in [6.45, 7) is 5.51. The van der Waals surface area contributed by atoms with Crippen molar-refractivity contribution in [1.29, 1.82) is 0 Å². The second kappa shape index (κ2) is 6.03. The van der Waals surface area contributed by atoms with Gasteiger partial charge >= 0.3 is 0 Å². The minimum absolute atomic E-state index is 0.173. The van der Waals surface area contributed by atoms with E-state index < -0.39 is 11.2 Å². The predicted octanol–water partition coefficient (Wildman–Crippen LogP) is 4.37. The monoisotopic (exact) mass is 344 g/mol. The standard InChI is InChI=1S/C21H25FO3/c1-14-17-8-7-16(13-15-5-3-4-6-18(15)22)19(23)20(17,2)9-10-21(14)24-11-12-25-21/h3-6,13-14,17H,7-12H2,1-2H3/b16-13+/t14-,17-,20-/m1/s1. The average molecular weight is 344 g/mol. The van der Waals surface area contributed by atoms with E-state index in [4.69, 9.17) is 9.47 Å². The highest BCUT2D eigenvalue weighted by atomic mass is 19.1. The van der Waals surface area contributed by atoms with Crippen molar-refractivity contribution in [3.8, 4) is 0 Å². The molecule has 2 saturated carbocycles. The zero-order chi connectivity index (χ0) is 17.7. The van der Waals surface area contributed by atoms with Gasteiger partial charge in [-0.25, -0.2) is 4.39 Å². The third-order valence-corrected chi connectivity index (χ3v) is 6.65. The number of allylic oxidation sites excluding steroid dienone is 1. The van der Waals surface area contributed by atoms with Gasteiger partial charge in [0, 0.05) is 23.3 Å². The highest BCUT2D eigenvalue weighted by Crippen LogP contribution is 2.57. The summed E-state index contributed by atoms with van der Waals surface area (Å²) in [6, 6.07) is 6.63. The van der Waals surface area contributed by atoms with Crippen molar-refractivity contribution in [2.75, 3.05) is 13.2 Å². The van der Waals surface area contributed by atoms with Gasteiger partial charge in [0.2, 0.25) is 0 Å². The first kappa shape index (κ1) is 16.9. The number of carbonyl (C=O) groups is 1. The molecule has 0 N–H and O–H groups in total. The van der Waals surface area contributed by atoms with Gasteiger partial charge in [0.05, 0.1) is 13.2 Å². The summed E-state index contributed by atoms with van der Waals surface area (Å²) >= 11 is 0. The number of carbonyl (C=O) groups excluding carboxylic acids is 1. The number of halogens is 1. The summed E-state index contributed by atoms with van der Waals surface area (Å²) in [5.74, 6) is -0.181. The van der Waals surface area contributed by atoms with E-state index in [1.54, 1.807) is 24.3 Å². The van der Waals surface area contributed by atoms with E-state index in [1.165, 1.54) is 6.07 Å². The van der Waals surface area contributed by atoms with Crippen LogP contribution in [0.5, 0.6) is 0 Å². The smallest absolute Gasteiger partial charge is 0.171 e. The van der Waals surface area contributed by atoms with Crippen LogP contribution < -0.4 is 0 Å². The van der Waals surface area contributed by atoms with E-state index in [1.807, 2.05) is 0 Å². The Labute approximate surface area is 148 Å². The van der Waals surface area contributed by atoms with Crippen LogP contribution in [0.15, 0.2) is 29.8 Å². The lowest BCUT2D eigenvalue weighted by Crippen LogP contribution is -2.56. The summed E-state index contributed by atoms with van der Waals surface area (Å²) in [4.78, 5) is 13.3. The molecule has 3 atom stereocenters. The zero-order valence-electron chi connectivity index (χ0n) is 14.9. The Morgan fingerprint density at radius 3 is 2.64 bits per heavy atom. The topological polar surface area (TPSA) is 35.5 Å². The van der Waals surface area contributed by atoms with Crippen LogP contribution in [0, 0.1) is 23.1 Å². The third-order valence-electron chi connectivity index (χ3n) is 6.65. The molecule has 3 aliphatic rings. The van der Waals surface area contributed by atoms with Gasteiger partial charge < -0.3 is 9.47 Å². The fourth-order valence-corrected chi connectivity index (χ4v) is 5.14. The maximum atomic E-state index is 14.0. The Kier molecular flexibility index (Phi) is 4.08. The molecule has 1 aromatic rings.